The first kappa shape index (κ1) is 48.3. The van der Waals surface area contributed by atoms with Gasteiger partial charge in [-0.2, -0.15) is 0 Å². The fraction of sp³-hybridized carbons (Fsp3) is 0.283. The number of nitro groups is 2. The summed E-state index contributed by atoms with van der Waals surface area (Å²) in [6, 6.07) is 33.1. The van der Waals surface area contributed by atoms with Gasteiger partial charge in [0.15, 0.2) is 23.0 Å². The molecule has 6 aromatic rings. The van der Waals surface area contributed by atoms with Crippen LogP contribution in [0.25, 0.3) is 0 Å². The molecule has 0 saturated carbocycles. The van der Waals surface area contributed by atoms with Crippen LogP contribution in [0.1, 0.15) is 85.0 Å². The number of alkyl halides is 2. The lowest BCUT2D eigenvalue weighted by Gasteiger charge is -2.23. The summed E-state index contributed by atoms with van der Waals surface area (Å²) in [4.78, 5) is 51.3. The number of nitro benzene ring substituents is 2. The number of non-ortho nitro benzene ring substituents is 2. The van der Waals surface area contributed by atoms with Crippen LogP contribution in [0.3, 0.4) is 0 Å². The van der Waals surface area contributed by atoms with Crippen molar-refractivity contribution in [2.24, 2.45) is 0 Å². The van der Waals surface area contributed by atoms with Crippen molar-refractivity contribution >= 4 is 57.8 Å². The van der Waals surface area contributed by atoms with Gasteiger partial charge in [0.25, 0.3) is 23.2 Å². The van der Waals surface area contributed by atoms with Gasteiger partial charge in [0.2, 0.25) is 0 Å². The van der Waals surface area contributed by atoms with Crippen molar-refractivity contribution in [1.82, 2.24) is 0 Å². The number of hydrogen-bond acceptors (Lipinski definition) is 10. The van der Waals surface area contributed by atoms with Gasteiger partial charge in [-0.15, -0.1) is 23.2 Å². The second-order valence-electron chi connectivity index (χ2n) is 17.2. The van der Waals surface area contributed by atoms with Crippen LogP contribution >= 0.6 is 23.2 Å². The molecule has 0 unspecified atom stereocenters. The Hall–Kier alpha value is -7.16. The van der Waals surface area contributed by atoms with Gasteiger partial charge in [0, 0.05) is 70.6 Å². The number of ether oxygens (including phenoxy) is 3. The van der Waals surface area contributed by atoms with Crippen LogP contribution in [0, 0.1) is 20.2 Å². The van der Waals surface area contributed by atoms with Gasteiger partial charge in [0.1, 0.15) is 6.61 Å². The van der Waals surface area contributed by atoms with Gasteiger partial charge in [-0.25, -0.2) is 0 Å². The minimum Gasteiger partial charge on any atom is -0.504 e. The molecule has 0 aliphatic carbocycles. The molecule has 10 rings (SSSR count). The van der Waals surface area contributed by atoms with Crippen molar-refractivity contribution in [3.05, 3.63) is 185 Å². The normalized spacial score (nSPS) is 16.1. The third-order valence-electron chi connectivity index (χ3n) is 12.9. The van der Waals surface area contributed by atoms with Gasteiger partial charge >= 0.3 is 0 Å². The zero-order valence-corrected chi connectivity index (χ0v) is 39.8. The van der Waals surface area contributed by atoms with E-state index in [0.29, 0.717) is 45.4 Å². The topological polar surface area (TPSA) is 175 Å². The maximum atomic E-state index is 13.6. The van der Waals surface area contributed by atoms with Crippen LogP contribution in [0.5, 0.6) is 23.0 Å². The second kappa shape index (κ2) is 21.0. The Balaban J connectivity index is 0.000000156. The van der Waals surface area contributed by atoms with Crippen LogP contribution in [0.4, 0.5) is 22.7 Å². The molecule has 0 saturated heterocycles. The smallest absolute Gasteiger partial charge is 0.270 e. The van der Waals surface area contributed by atoms with Crippen LogP contribution in [0.15, 0.2) is 109 Å². The monoisotopic (exact) mass is 972 g/mol. The number of methoxy groups -OCH3 is 2. The quantitative estimate of drug-likeness (QED) is 0.0790. The highest BCUT2D eigenvalue weighted by Crippen LogP contribution is 2.42. The average molecular weight is 974 g/mol. The highest BCUT2D eigenvalue weighted by molar-refractivity contribution is 6.17. The van der Waals surface area contributed by atoms with Crippen molar-refractivity contribution in [2.45, 2.75) is 82.3 Å². The largest absolute Gasteiger partial charge is 0.504 e. The number of carbonyl (C=O) groups is 2. The number of halogens is 2. The van der Waals surface area contributed by atoms with E-state index in [1.54, 1.807) is 30.3 Å². The molecule has 69 heavy (non-hydrogen) atoms. The Bertz CT molecular complexity index is 2940. The first-order valence-electron chi connectivity index (χ1n) is 22.6. The highest BCUT2D eigenvalue weighted by atomic mass is 35.5. The Morgan fingerprint density at radius 3 is 1.57 bits per heavy atom. The molecule has 0 bridgehead atoms. The number of carbonyl (C=O) groups excluding carboxylic acids is 2. The Labute approximate surface area is 409 Å². The number of aryl methyl sites for hydroxylation is 3. The van der Waals surface area contributed by atoms with Crippen molar-refractivity contribution < 1.29 is 38.8 Å². The van der Waals surface area contributed by atoms with E-state index in [0.717, 1.165) is 78.6 Å². The summed E-state index contributed by atoms with van der Waals surface area (Å²) in [7, 11) is 3.03. The van der Waals surface area contributed by atoms with Gasteiger partial charge in [0.05, 0.1) is 24.1 Å². The molecule has 356 valence electrons. The lowest BCUT2D eigenvalue weighted by atomic mass is 9.99. The van der Waals surface area contributed by atoms with E-state index in [-0.39, 0.29) is 53.5 Å². The second-order valence-corrected chi connectivity index (χ2v) is 17.7. The third kappa shape index (κ3) is 10.2. The molecule has 2 atom stereocenters. The van der Waals surface area contributed by atoms with E-state index >= 15 is 0 Å². The number of aromatic hydroxyl groups is 1. The lowest BCUT2D eigenvalue weighted by molar-refractivity contribution is -0.385. The molecule has 14 nitrogen and oxygen atoms in total. The predicted molar refractivity (Wildman–Crippen MR) is 265 cm³/mol. The Morgan fingerprint density at radius 2 is 1.07 bits per heavy atom. The minimum absolute atomic E-state index is 0.000694. The molecule has 6 aromatic carbocycles. The standard InChI is InChI=1S/C26H23ClN2O5.C18H17NO3.C9H10ClNO2/c1-33-24-13-22-18(6-7-20-11-19-4-2-3-5-23(19)28(20)26(22)30)12-25(24)34-15-17-8-16(14-27)9-21(10-17)29(31)32;1-22-17-10-14-11(9-16(17)20)6-7-13-8-12-4-2-3-5-15(12)19(13)18(14)21;1-2-7-3-8(6-10)5-9(4-7)11(12)13/h2-5,8-10,12-13,20H,6-7,11,14-15H2,1H3;2-5,9-10,13,20H,6-8H2,1H3;3-5H,2,6H2,1H3/t20-;13-;/m11./s1. The lowest BCUT2D eigenvalue weighted by Crippen LogP contribution is -2.36. The van der Waals surface area contributed by atoms with Gasteiger partial charge < -0.3 is 29.1 Å². The maximum absolute atomic E-state index is 13.6. The number of amides is 2. The Kier molecular flexibility index (Phi) is 14.7. The summed E-state index contributed by atoms with van der Waals surface area (Å²) in [5.74, 6) is 1.83. The molecule has 2 amide bonds. The van der Waals surface area contributed by atoms with Crippen molar-refractivity contribution in [1.29, 1.82) is 0 Å². The Morgan fingerprint density at radius 1 is 0.609 bits per heavy atom. The van der Waals surface area contributed by atoms with E-state index in [1.807, 2.05) is 65.3 Å². The van der Waals surface area contributed by atoms with Crippen molar-refractivity contribution in [3.63, 3.8) is 0 Å². The van der Waals surface area contributed by atoms with E-state index in [4.69, 9.17) is 37.4 Å². The minimum atomic E-state index is -0.446. The third-order valence-corrected chi connectivity index (χ3v) is 13.6. The predicted octanol–water partition coefficient (Wildman–Crippen LogP) is 11.3. The molecule has 1 N–H and O–H groups in total. The number of benzene rings is 6. The summed E-state index contributed by atoms with van der Waals surface area (Å²) in [5, 5.41) is 31.7. The number of fused-ring (bicyclic) bond motifs is 8. The summed E-state index contributed by atoms with van der Waals surface area (Å²) in [5.41, 5.74) is 10.6. The SMILES string of the molecule is CCc1cc(CCl)cc([N+](=O)[O-])c1.COc1cc2c(cc1O)CC[C@@H]1Cc3ccccc3N1C2=O.COc1cc2c(cc1OCc1cc(CCl)cc([N+](=O)[O-])c1)CC[C@@H]1Cc3ccccc3N1C2=O. The first-order chi connectivity index (χ1) is 33.3. The summed E-state index contributed by atoms with van der Waals surface area (Å²) >= 11 is 11.5. The first-order valence-corrected chi connectivity index (χ1v) is 23.6. The van der Waals surface area contributed by atoms with Gasteiger partial charge in [-0.3, -0.25) is 29.8 Å². The van der Waals surface area contributed by atoms with E-state index in [2.05, 4.69) is 12.1 Å². The highest BCUT2D eigenvalue weighted by Gasteiger charge is 2.39. The number of hydrogen-bond donors (Lipinski definition) is 1. The molecular formula is C53H50Cl2N4O10. The van der Waals surface area contributed by atoms with E-state index in [1.165, 1.54) is 43.5 Å². The number of nitrogens with zero attached hydrogens (tertiary/aromatic N) is 4. The van der Waals surface area contributed by atoms with Crippen LogP contribution in [0.2, 0.25) is 0 Å². The molecule has 0 spiro atoms. The number of rotatable bonds is 10. The van der Waals surface area contributed by atoms with Crippen molar-refractivity contribution in [2.75, 3.05) is 24.0 Å². The molecule has 0 fully saturated rings. The molecule has 4 aliphatic rings. The molecule has 16 heteroatoms. The summed E-state index contributed by atoms with van der Waals surface area (Å²) in [6.07, 6.45) is 5.82. The molecule has 4 heterocycles. The molecular weight excluding hydrogens is 924 g/mol. The van der Waals surface area contributed by atoms with Crippen molar-refractivity contribution in [3.8, 4) is 23.0 Å². The average Bonchev–Trinajstić information content (AvgIpc) is 3.86. The van der Waals surface area contributed by atoms with Gasteiger partial charge in [-0.1, -0.05) is 55.5 Å². The van der Waals surface area contributed by atoms with Crippen LogP contribution in [-0.4, -0.2) is 53.1 Å². The summed E-state index contributed by atoms with van der Waals surface area (Å²) < 4.78 is 16.7. The molecule has 4 aliphatic heterocycles. The van der Waals surface area contributed by atoms with E-state index < -0.39 is 9.85 Å². The molecule has 0 radical (unpaired) electrons. The number of anilines is 2. The van der Waals surface area contributed by atoms with E-state index in [9.17, 15) is 34.9 Å². The fourth-order valence-electron chi connectivity index (χ4n) is 9.60. The van der Waals surface area contributed by atoms with Crippen LogP contribution in [-0.2, 0) is 50.5 Å². The number of phenolic OH excluding ortho intramolecular Hbond substituents is 1. The number of para-hydroxylation sites is 2. The summed E-state index contributed by atoms with van der Waals surface area (Å²) in [6.45, 7) is 2.06. The zero-order chi connectivity index (χ0) is 48.9. The molecule has 0 aromatic heterocycles. The van der Waals surface area contributed by atoms with Crippen LogP contribution < -0.4 is 24.0 Å². The van der Waals surface area contributed by atoms with Gasteiger partial charge in [-0.05, 0) is 126 Å². The fourth-order valence-corrected chi connectivity index (χ4v) is 9.91. The number of phenols is 1. The zero-order valence-electron chi connectivity index (χ0n) is 38.3. The maximum Gasteiger partial charge on any atom is 0.270 e.